The van der Waals surface area contributed by atoms with Gasteiger partial charge in [0.2, 0.25) is 5.91 Å². The van der Waals surface area contributed by atoms with Crippen molar-refractivity contribution < 1.29 is 9.53 Å². The highest BCUT2D eigenvalue weighted by Gasteiger charge is 2.03. The molecule has 0 unspecified atom stereocenters. The summed E-state index contributed by atoms with van der Waals surface area (Å²) < 4.78 is 5.56. The summed E-state index contributed by atoms with van der Waals surface area (Å²) in [5.41, 5.74) is 1.95. The summed E-state index contributed by atoms with van der Waals surface area (Å²) in [4.78, 5) is 18.4. The van der Waals surface area contributed by atoms with E-state index in [9.17, 15) is 4.79 Å². The number of carbonyl (C=O) groups excluding carboxylic acids is 1. The molecule has 0 aliphatic heterocycles. The van der Waals surface area contributed by atoms with Gasteiger partial charge in [0.05, 0.1) is 31.6 Å². The molecule has 0 bridgehead atoms. The molecular weight excluding hydrogens is 242 g/mol. The lowest BCUT2D eigenvalue weighted by Gasteiger charge is -2.08. The van der Waals surface area contributed by atoms with E-state index in [0.717, 1.165) is 17.0 Å². The van der Waals surface area contributed by atoms with Gasteiger partial charge in [-0.3, -0.25) is 4.79 Å². The van der Waals surface area contributed by atoms with Crippen LogP contribution in [0.15, 0.2) is 36.8 Å². The Morgan fingerprint density at radius 2 is 2.26 bits per heavy atom. The lowest BCUT2D eigenvalue weighted by Crippen LogP contribution is -2.24. The summed E-state index contributed by atoms with van der Waals surface area (Å²) in [5, 5.41) is 2.80. The van der Waals surface area contributed by atoms with Crippen LogP contribution in [-0.2, 0) is 11.3 Å². The number of imidazole rings is 1. The Balaban J connectivity index is 1.68. The second-order valence-electron chi connectivity index (χ2n) is 4.22. The Labute approximate surface area is 112 Å². The maximum absolute atomic E-state index is 11.6. The molecule has 0 spiro atoms. The van der Waals surface area contributed by atoms with E-state index in [1.807, 2.05) is 31.2 Å². The Morgan fingerprint density at radius 1 is 1.42 bits per heavy atom. The molecule has 2 N–H and O–H groups in total. The summed E-state index contributed by atoms with van der Waals surface area (Å²) in [7, 11) is 0. The number of amides is 1. The molecule has 1 aromatic heterocycles. The third kappa shape index (κ3) is 4.13. The molecule has 5 heteroatoms. The first-order valence-electron chi connectivity index (χ1n) is 6.18. The molecule has 0 atom stereocenters. The second kappa shape index (κ2) is 6.58. The number of carbonyl (C=O) groups is 1. The summed E-state index contributed by atoms with van der Waals surface area (Å²) in [6, 6.07) is 7.76. The Kier molecular flexibility index (Phi) is 4.55. The first-order chi connectivity index (χ1) is 9.25. The predicted octanol–water partition coefficient (Wildman–Crippen LogP) is 1.80. The highest BCUT2D eigenvalue weighted by Crippen LogP contribution is 2.16. The van der Waals surface area contributed by atoms with E-state index in [-0.39, 0.29) is 5.91 Å². The highest BCUT2D eigenvalue weighted by molar-refractivity contribution is 5.75. The number of aromatic amines is 1. The fourth-order valence-corrected chi connectivity index (χ4v) is 1.64. The zero-order valence-electron chi connectivity index (χ0n) is 10.8. The van der Waals surface area contributed by atoms with Gasteiger partial charge < -0.3 is 15.0 Å². The van der Waals surface area contributed by atoms with Crippen molar-refractivity contribution in [1.82, 2.24) is 15.3 Å². The topological polar surface area (TPSA) is 67.0 Å². The number of aromatic nitrogens is 2. The molecule has 0 aliphatic carbocycles. The van der Waals surface area contributed by atoms with Gasteiger partial charge in [-0.2, -0.15) is 0 Å². The molecule has 0 saturated heterocycles. The monoisotopic (exact) mass is 259 g/mol. The van der Waals surface area contributed by atoms with Crippen molar-refractivity contribution >= 4 is 5.91 Å². The van der Waals surface area contributed by atoms with Gasteiger partial charge in [-0.1, -0.05) is 18.2 Å². The third-order valence-corrected chi connectivity index (χ3v) is 2.71. The van der Waals surface area contributed by atoms with Crippen LogP contribution in [0.25, 0.3) is 0 Å². The van der Waals surface area contributed by atoms with E-state index in [1.54, 1.807) is 12.5 Å². The Morgan fingerprint density at radius 3 is 3.00 bits per heavy atom. The molecule has 19 heavy (non-hydrogen) atoms. The van der Waals surface area contributed by atoms with Crippen LogP contribution in [0.4, 0.5) is 0 Å². The molecule has 100 valence electrons. The number of aryl methyl sites for hydroxylation is 1. The molecule has 2 aromatic rings. The number of benzene rings is 1. The first-order valence-corrected chi connectivity index (χ1v) is 6.18. The summed E-state index contributed by atoms with van der Waals surface area (Å²) in [5.74, 6) is 0.784. The van der Waals surface area contributed by atoms with E-state index < -0.39 is 0 Å². The molecule has 1 amide bonds. The fourth-order valence-electron chi connectivity index (χ4n) is 1.64. The molecular formula is C14H17N3O2. The third-order valence-electron chi connectivity index (χ3n) is 2.71. The predicted molar refractivity (Wildman–Crippen MR) is 71.7 cm³/mol. The van der Waals surface area contributed by atoms with Crippen LogP contribution in [0.1, 0.15) is 17.7 Å². The van der Waals surface area contributed by atoms with E-state index >= 15 is 0 Å². The van der Waals surface area contributed by atoms with Gasteiger partial charge in [0, 0.05) is 6.20 Å². The zero-order valence-corrected chi connectivity index (χ0v) is 10.8. The molecule has 1 aromatic carbocycles. The average Bonchev–Trinajstić information content (AvgIpc) is 2.92. The molecule has 1 heterocycles. The van der Waals surface area contributed by atoms with Crippen molar-refractivity contribution in [3.05, 3.63) is 48.0 Å². The van der Waals surface area contributed by atoms with Gasteiger partial charge in [-0.05, 0) is 18.6 Å². The summed E-state index contributed by atoms with van der Waals surface area (Å²) in [6.45, 7) is 2.82. The number of hydrogen-bond donors (Lipinski definition) is 2. The molecule has 0 fully saturated rings. The lowest BCUT2D eigenvalue weighted by molar-refractivity contribution is -0.121. The minimum atomic E-state index is -0.0387. The van der Waals surface area contributed by atoms with Crippen molar-refractivity contribution in [1.29, 1.82) is 0 Å². The van der Waals surface area contributed by atoms with E-state index in [4.69, 9.17) is 4.74 Å². The van der Waals surface area contributed by atoms with Gasteiger partial charge in [0.15, 0.2) is 0 Å². The standard InChI is InChI=1S/C14H17N3O2/c1-11-4-2-3-5-13(11)19-7-6-14(18)16-9-12-8-15-10-17-12/h2-5,8,10H,6-7,9H2,1H3,(H,15,17)(H,16,18). The number of rotatable bonds is 6. The van der Waals surface area contributed by atoms with Crippen LogP contribution in [0.2, 0.25) is 0 Å². The summed E-state index contributed by atoms with van der Waals surface area (Å²) in [6.07, 6.45) is 3.61. The Hall–Kier alpha value is -2.30. The van der Waals surface area contributed by atoms with Gasteiger partial charge >= 0.3 is 0 Å². The van der Waals surface area contributed by atoms with Crippen LogP contribution < -0.4 is 10.1 Å². The van der Waals surface area contributed by atoms with Crippen molar-refractivity contribution in [2.45, 2.75) is 19.9 Å². The van der Waals surface area contributed by atoms with Crippen molar-refractivity contribution in [2.24, 2.45) is 0 Å². The molecule has 0 aliphatic rings. The van der Waals surface area contributed by atoms with Crippen molar-refractivity contribution in [2.75, 3.05) is 6.61 Å². The number of hydrogen-bond acceptors (Lipinski definition) is 3. The van der Waals surface area contributed by atoms with Gasteiger partial charge in [0.1, 0.15) is 5.75 Å². The van der Waals surface area contributed by atoms with E-state index in [2.05, 4.69) is 15.3 Å². The second-order valence-corrected chi connectivity index (χ2v) is 4.22. The molecule has 5 nitrogen and oxygen atoms in total. The van der Waals surface area contributed by atoms with Gasteiger partial charge in [0.25, 0.3) is 0 Å². The molecule has 2 rings (SSSR count). The first kappa shape index (κ1) is 13.1. The zero-order chi connectivity index (χ0) is 13.5. The minimum absolute atomic E-state index is 0.0387. The number of nitrogens with zero attached hydrogens (tertiary/aromatic N) is 1. The molecule has 0 radical (unpaired) electrons. The maximum Gasteiger partial charge on any atom is 0.223 e. The number of ether oxygens (including phenoxy) is 1. The van der Waals surface area contributed by atoms with Gasteiger partial charge in [-0.25, -0.2) is 4.98 Å². The summed E-state index contributed by atoms with van der Waals surface area (Å²) >= 11 is 0. The highest BCUT2D eigenvalue weighted by atomic mass is 16.5. The quantitative estimate of drug-likeness (QED) is 0.831. The van der Waals surface area contributed by atoms with Crippen LogP contribution >= 0.6 is 0 Å². The van der Waals surface area contributed by atoms with E-state index in [0.29, 0.717) is 19.6 Å². The average molecular weight is 259 g/mol. The van der Waals surface area contributed by atoms with Crippen LogP contribution in [0.3, 0.4) is 0 Å². The smallest absolute Gasteiger partial charge is 0.223 e. The lowest BCUT2D eigenvalue weighted by atomic mass is 10.2. The van der Waals surface area contributed by atoms with Crippen molar-refractivity contribution in [3.63, 3.8) is 0 Å². The number of para-hydroxylation sites is 1. The fraction of sp³-hybridized carbons (Fsp3) is 0.286. The Bertz CT molecular complexity index is 523. The van der Waals surface area contributed by atoms with E-state index in [1.165, 1.54) is 0 Å². The largest absolute Gasteiger partial charge is 0.493 e. The van der Waals surface area contributed by atoms with Crippen molar-refractivity contribution in [3.8, 4) is 5.75 Å². The number of nitrogens with one attached hydrogen (secondary N) is 2. The molecule has 0 saturated carbocycles. The van der Waals surface area contributed by atoms with Crippen LogP contribution in [0.5, 0.6) is 5.75 Å². The maximum atomic E-state index is 11.6. The SMILES string of the molecule is Cc1ccccc1OCCC(=O)NCc1cnc[nH]1. The minimum Gasteiger partial charge on any atom is -0.493 e. The number of H-pyrrole nitrogens is 1. The van der Waals surface area contributed by atoms with Crippen LogP contribution in [0, 0.1) is 6.92 Å². The normalized spacial score (nSPS) is 10.2. The van der Waals surface area contributed by atoms with Gasteiger partial charge in [-0.15, -0.1) is 0 Å². The van der Waals surface area contributed by atoms with Crippen LogP contribution in [-0.4, -0.2) is 22.5 Å².